The lowest BCUT2D eigenvalue weighted by molar-refractivity contribution is -0.117. The summed E-state index contributed by atoms with van der Waals surface area (Å²) in [4.78, 5) is 25.1. The van der Waals surface area contributed by atoms with E-state index in [1.165, 1.54) is 23.5 Å². The van der Waals surface area contributed by atoms with E-state index in [1.807, 2.05) is 6.07 Å². The minimum atomic E-state index is -0.355. The molecule has 154 valence electrons. The Hall–Kier alpha value is -3.25. The number of amides is 2. The lowest BCUT2D eigenvalue weighted by Gasteiger charge is -2.11. The van der Waals surface area contributed by atoms with Crippen molar-refractivity contribution in [1.82, 2.24) is 10.6 Å². The molecule has 0 bridgehead atoms. The van der Waals surface area contributed by atoms with Crippen molar-refractivity contribution in [3.63, 3.8) is 0 Å². The molecule has 1 heterocycles. The van der Waals surface area contributed by atoms with E-state index in [-0.39, 0.29) is 17.5 Å². The molecule has 1 aromatic heterocycles. The summed E-state index contributed by atoms with van der Waals surface area (Å²) in [7, 11) is 0. The largest absolute Gasteiger partial charge is 0.465 e. The topological polar surface area (TPSA) is 71.3 Å². The Morgan fingerprint density at radius 3 is 2.47 bits per heavy atom. The van der Waals surface area contributed by atoms with Crippen LogP contribution in [0.5, 0.6) is 0 Å². The van der Waals surface area contributed by atoms with Crippen molar-refractivity contribution in [3.8, 4) is 0 Å². The maximum Gasteiger partial charge on any atom is 0.267 e. The van der Waals surface area contributed by atoms with Crippen LogP contribution in [-0.4, -0.2) is 24.1 Å². The van der Waals surface area contributed by atoms with Crippen molar-refractivity contribution in [3.05, 3.63) is 101 Å². The molecule has 2 amide bonds. The summed E-state index contributed by atoms with van der Waals surface area (Å²) in [5.74, 6) is 1.43. The minimum Gasteiger partial charge on any atom is -0.465 e. The van der Waals surface area contributed by atoms with Crippen molar-refractivity contribution < 1.29 is 14.0 Å². The summed E-state index contributed by atoms with van der Waals surface area (Å²) >= 11 is 1.74. The number of carbonyl (C=O) groups excluding carboxylic acids is 2. The van der Waals surface area contributed by atoms with Crippen LogP contribution in [0.25, 0.3) is 6.08 Å². The molecule has 0 aliphatic heterocycles. The van der Waals surface area contributed by atoms with Gasteiger partial charge in [0.2, 0.25) is 0 Å². The maximum absolute atomic E-state index is 12.7. The van der Waals surface area contributed by atoms with E-state index in [9.17, 15) is 9.59 Å². The van der Waals surface area contributed by atoms with Gasteiger partial charge in [0, 0.05) is 29.7 Å². The van der Waals surface area contributed by atoms with E-state index >= 15 is 0 Å². The Labute approximate surface area is 180 Å². The molecule has 30 heavy (non-hydrogen) atoms. The third-order valence-corrected chi connectivity index (χ3v) is 5.31. The molecule has 0 unspecified atom stereocenters. The Morgan fingerprint density at radius 2 is 1.77 bits per heavy atom. The zero-order valence-electron chi connectivity index (χ0n) is 16.8. The highest BCUT2D eigenvalue weighted by atomic mass is 32.2. The molecule has 0 fully saturated rings. The van der Waals surface area contributed by atoms with Gasteiger partial charge < -0.3 is 15.1 Å². The van der Waals surface area contributed by atoms with Crippen LogP contribution < -0.4 is 10.6 Å². The third kappa shape index (κ3) is 6.67. The zero-order chi connectivity index (χ0) is 21.2. The summed E-state index contributed by atoms with van der Waals surface area (Å²) in [5, 5.41) is 5.55. The standard InChI is InChI=1S/C24H24N2O3S/c1-18-9-11-19(12-10-18)17-30-15-13-25-24(28)22(16-21-8-5-14-29-21)26-23(27)20-6-3-2-4-7-20/h2-12,14,16H,13,15,17H2,1H3,(H,25,28)(H,26,27)/b22-16-. The van der Waals surface area contributed by atoms with Gasteiger partial charge in [-0.1, -0.05) is 48.0 Å². The third-order valence-electron chi connectivity index (χ3n) is 4.28. The van der Waals surface area contributed by atoms with Gasteiger partial charge in [0.05, 0.1) is 6.26 Å². The quantitative estimate of drug-likeness (QED) is 0.397. The predicted octanol–water partition coefficient (Wildman–Crippen LogP) is 4.41. The van der Waals surface area contributed by atoms with E-state index in [0.717, 1.165) is 11.5 Å². The average molecular weight is 421 g/mol. The molecular formula is C24H24N2O3S. The second-order valence-corrected chi connectivity index (χ2v) is 7.79. The molecule has 2 N–H and O–H groups in total. The van der Waals surface area contributed by atoms with Gasteiger partial charge in [-0.25, -0.2) is 0 Å². The first kappa shape index (κ1) is 21.5. The van der Waals surface area contributed by atoms with E-state index in [1.54, 1.807) is 48.2 Å². The highest BCUT2D eigenvalue weighted by molar-refractivity contribution is 7.98. The van der Waals surface area contributed by atoms with E-state index in [2.05, 4.69) is 41.8 Å². The SMILES string of the molecule is Cc1ccc(CSCCNC(=O)/C(=C/c2ccco2)NC(=O)c2ccccc2)cc1. The lowest BCUT2D eigenvalue weighted by atomic mass is 10.2. The first-order chi connectivity index (χ1) is 14.6. The van der Waals surface area contributed by atoms with Gasteiger partial charge in [0.1, 0.15) is 11.5 Å². The monoisotopic (exact) mass is 420 g/mol. The Balaban J connectivity index is 1.54. The molecular weight excluding hydrogens is 396 g/mol. The number of carbonyl (C=O) groups is 2. The number of furan rings is 1. The number of benzene rings is 2. The molecule has 6 heteroatoms. The van der Waals surface area contributed by atoms with E-state index in [0.29, 0.717) is 17.9 Å². The highest BCUT2D eigenvalue weighted by Gasteiger charge is 2.14. The molecule has 0 aliphatic rings. The summed E-state index contributed by atoms with van der Waals surface area (Å²) in [5.41, 5.74) is 3.11. The Kier molecular flexibility index (Phi) is 7.92. The molecule has 0 atom stereocenters. The highest BCUT2D eigenvalue weighted by Crippen LogP contribution is 2.12. The summed E-state index contributed by atoms with van der Waals surface area (Å²) in [6.45, 7) is 2.56. The van der Waals surface area contributed by atoms with Gasteiger partial charge in [0.25, 0.3) is 11.8 Å². The number of nitrogens with one attached hydrogen (secondary N) is 2. The van der Waals surface area contributed by atoms with Crippen LogP contribution in [0.4, 0.5) is 0 Å². The van der Waals surface area contributed by atoms with Gasteiger partial charge in [-0.05, 0) is 36.8 Å². The fraction of sp³-hybridized carbons (Fsp3) is 0.167. The van der Waals surface area contributed by atoms with Crippen LogP contribution in [0.1, 0.15) is 27.2 Å². The van der Waals surface area contributed by atoms with Gasteiger partial charge in [-0.15, -0.1) is 0 Å². The summed E-state index contributed by atoms with van der Waals surface area (Å²) in [6.07, 6.45) is 3.04. The van der Waals surface area contributed by atoms with Crippen molar-refractivity contribution in [2.24, 2.45) is 0 Å². The molecule has 3 aromatic rings. The van der Waals surface area contributed by atoms with Crippen LogP contribution in [0, 0.1) is 6.92 Å². The van der Waals surface area contributed by atoms with Crippen molar-refractivity contribution in [1.29, 1.82) is 0 Å². The first-order valence-electron chi connectivity index (χ1n) is 9.65. The Morgan fingerprint density at radius 1 is 1.00 bits per heavy atom. The summed E-state index contributed by atoms with van der Waals surface area (Å²) < 4.78 is 5.29. The molecule has 0 spiro atoms. The molecule has 0 saturated heterocycles. The maximum atomic E-state index is 12.7. The number of rotatable bonds is 9. The van der Waals surface area contributed by atoms with E-state index in [4.69, 9.17) is 4.42 Å². The molecule has 2 aromatic carbocycles. The fourth-order valence-corrected chi connectivity index (χ4v) is 3.48. The number of thioether (sulfide) groups is 1. The fourth-order valence-electron chi connectivity index (χ4n) is 2.66. The van der Waals surface area contributed by atoms with Crippen LogP contribution in [0.2, 0.25) is 0 Å². The second-order valence-electron chi connectivity index (χ2n) is 6.69. The molecule has 0 saturated carbocycles. The molecule has 3 rings (SSSR count). The second kappa shape index (κ2) is 11.1. The average Bonchev–Trinajstić information content (AvgIpc) is 3.28. The first-order valence-corrected chi connectivity index (χ1v) is 10.8. The lowest BCUT2D eigenvalue weighted by Crippen LogP contribution is -2.35. The minimum absolute atomic E-state index is 0.141. The molecule has 0 radical (unpaired) electrons. The van der Waals surface area contributed by atoms with Crippen molar-refractivity contribution in [2.75, 3.05) is 12.3 Å². The zero-order valence-corrected chi connectivity index (χ0v) is 17.6. The van der Waals surface area contributed by atoms with Gasteiger partial charge in [-0.2, -0.15) is 11.8 Å². The van der Waals surface area contributed by atoms with Crippen molar-refractivity contribution >= 4 is 29.7 Å². The van der Waals surface area contributed by atoms with Crippen LogP contribution in [-0.2, 0) is 10.5 Å². The summed E-state index contributed by atoms with van der Waals surface area (Å²) in [6, 6.07) is 20.6. The number of hydrogen-bond acceptors (Lipinski definition) is 4. The van der Waals surface area contributed by atoms with Gasteiger partial charge in [-0.3, -0.25) is 9.59 Å². The number of hydrogen-bond donors (Lipinski definition) is 2. The predicted molar refractivity (Wildman–Crippen MR) is 121 cm³/mol. The van der Waals surface area contributed by atoms with Crippen LogP contribution in [0.15, 0.2) is 83.1 Å². The number of aryl methyl sites for hydroxylation is 1. The molecule has 0 aliphatic carbocycles. The normalized spacial score (nSPS) is 11.2. The Bertz CT molecular complexity index is 981. The van der Waals surface area contributed by atoms with Gasteiger partial charge >= 0.3 is 0 Å². The van der Waals surface area contributed by atoms with E-state index < -0.39 is 0 Å². The smallest absolute Gasteiger partial charge is 0.267 e. The van der Waals surface area contributed by atoms with Crippen LogP contribution in [0.3, 0.4) is 0 Å². The molecule has 5 nitrogen and oxygen atoms in total. The van der Waals surface area contributed by atoms with Crippen molar-refractivity contribution in [2.45, 2.75) is 12.7 Å². The van der Waals surface area contributed by atoms with Crippen LogP contribution >= 0.6 is 11.8 Å². The van der Waals surface area contributed by atoms with Gasteiger partial charge in [0.15, 0.2) is 0 Å².